The molecule has 0 heterocycles. The molecule has 144 valence electrons. The van der Waals surface area contributed by atoms with Crippen molar-refractivity contribution in [1.82, 2.24) is 5.32 Å². The van der Waals surface area contributed by atoms with Crippen molar-refractivity contribution in [3.8, 4) is 11.5 Å². The van der Waals surface area contributed by atoms with Gasteiger partial charge in [0.25, 0.3) is 5.91 Å². The molecular formula is C18H25NO7. The van der Waals surface area contributed by atoms with Gasteiger partial charge < -0.3 is 24.3 Å². The van der Waals surface area contributed by atoms with Crippen LogP contribution in [0.3, 0.4) is 0 Å². The fourth-order valence-electron chi connectivity index (χ4n) is 2.24. The van der Waals surface area contributed by atoms with Crippen molar-refractivity contribution in [3.05, 3.63) is 23.8 Å². The zero-order valence-corrected chi connectivity index (χ0v) is 15.7. The molecule has 8 nitrogen and oxygen atoms in total. The topological polar surface area (TPSA) is 100 Å². The standard InChI is InChI=1S/C18H25NO7/c1-11(2)8-13(18(22)25-5)19-16(20)10-26-14-7-6-12(17(21)24-4)9-15(14)23-3/h6-7,9,11,13H,8,10H2,1-5H3,(H,19,20)/t13-/m0/s1. The van der Waals surface area contributed by atoms with Gasteiger partial charge in [-0.3, -0.25) is 4.79 Å². The van der Waals surface area contributed by atoms with Crippen LogP contribution in [0.5, 0.6) is 11.5 Å². The highest BCUT2D eigenvalue weighted by Gasteiger charge is 2.23. The first-order valence-corrected chi connectivity index (χ1v) is 8.08. The van der Waals surface area contributed by atoms with E-state index in [9.17, 15) is 14.4 Å². The minimum Gasteiger partial charge on any atom is -0.493 e. The molecule has 0 aliphatic rings. The van der Waals surface area contributed by atoms with E-state index in [0.717, 1.165) is 0 Å². The summed E-state index contributed by atoms with van der Waals surface area (Å²) in [5, 5.41) is 2.59. The number of hydrogen-bond acceptors (Lipinski definition) is 7. The lowest BCUT2D eigenvalue weighted by Gasteiger charge is -2.18. The number of esters is 2. The van der Waals surface area contributed by atoms with Gasteiger partial charge in [-0.2, -0.15) is 0 Å². The summed E-state index contributed by atoms with van der Waals surface area (Å²) in [5.41, 5.74) is 0.295. The van der Waals surface area contributed by atoms with Crippen molar-refractivity contribution in [2.75, 3.05) is 27.9 Å². The summed E-state index contributed by atoms with van der Waals surface area (Å²) >= 11 is 0. The Labute approximate surface area is 152 Å². The molecule has 1 atom stereocenters. The number of methoxy groups -OCH3 is 3. The van der Waals surface area contributed by atoms with Crippen LogP contribution in [0.1, 0.15) is 30.6 Å². The van der Waals surface area contributed by atoms with E-state index in [-0.39, 0.29) is 24.0 Å². The molecule has 0 radical (unpaired) electrons. The molecule has 0 aliphatic carbocycles. The fourth-order valence-corrected chi connectivity index (χ4v) is 2.24. The van der Waals surface area contributed by atoms with Crippen LogP contribution in [0, 0.1) is 5.92 Å². The zero-order chi connectivity index (χ0) is 19.7. The zero-order valence-electron chi connectivity index (χ0n) is 15.7. The molecule has 0 fully saturated rings. The predicted octanol–water partition coefficient (Wildman–Crippen LogP) is 1.56. The largest absolute Gasteiger partial charge is 0.493 e. The van der Waals surface area contributed by atoms with Gasteiger partial charge in [0.15, 0.2) is 18.1 Å². The van der Waals surface area contributed by atoms with E-state index < -0.39 is 23.9 Å². The first kappa shape index (κ1) is 21.3. The van der Waals surface area contributed by atoms with Crippen LogP contribution in [0.4, 0.5) is 0 Å². The second-order valence-electron chi connectivity index (χ2n) is 5.92. The van der Waals surface area contributed by atoms with E-state index in [2.05, 4.69) is 10.1 Å². The quantitative estimate of drug-likeness (QED) is 0.661. The number of nitrogens with one attached hydrogen (secondary N) is 1. The summed E-state index contributed by atoms with van der Waals surface area (Å²) in [6.45, 7) is 3.55. The number of rotatable bonds is 9. The lowest BCUT2D eigenvalue weighted by molar-refractivity contribution is -0.145. The minimum atomic E-state index is -0.736. The number of benzene rings is 1. The Bertz CT molecular complexity index is 642. The molecule has 1 aromatic carbocycles. The van der Waals surface area contributed by atoms with Gasteiger partial charge in [-0.25, -0.2) is 9.59 Å². The molecular weight excluding hydrogens is 342 g/mol. The van der Waals surface area contributed by atoms with Gasteiger partial charge in [0.1, 0.15) is 6.04 Å². The van der Waals surface area contributed by atoms with Crippen molar-refractivity contribution in [1.29, 1.82) is 0 Å². The molecule has 0 spiro atoms. The molecule has 1 aromatic rings. The molecule has 0 saturated carbocycles. The van der Waals surface area contributed by atoms with Crippen molar-refractivity contribution >= 4 is 17.8 Å². The van der Waals surface area contributed by atoms with Gasteiger partial charge in [-0.15, -0.1) is 0 Å². The average molecular weight is 367 g/mol. The Kier molecular flexibility index (Phi) is 8.41. The number of carbonyl (C=O) groups excluding carboxylic acids is 3. The van der Waals surface area contributed by atoms with Crippen LogP contribution in [-0.4, -0.2) is 51.8 Å². The molecule has 1 amide bonds. The van der Waals surface area contributed by atoms with Gasteiger partial charge >= 0.3 is 11.9 Å². The Morgan fingerprint density at radius 2 is 1.73 bits per heavy atom. The summed E-state index contributed by atoms with van der Waals surface area (Å²) in [6.07, 6.45) is 0.454. The Morgan fingerprint density at radius 1 is 1.04 bits per heavy atom. The van der Waals surface area contributed by atoms with Crippen LogP contribution < -0.4 is 14.8 Å². The first-order chi connectivity index (χ1) is 12.3. The van der Waals surface area contributed by atoms with E-state index in [1.165, 1.54) is 39.5 Å². The van der Waals surface area contributed by atoms with E-state index in [4.69, 9.17) is 14.2 Å². The monoisotopic (exact) mass is 367 g/mol. The van der Waals surface area contributed by atoms with Gasteiger partial charge in [-0.05, 0) is 30.5 Å². The van der Waals surface area contributed by atoms with Gasteiger partial charge in [-0.1, -0.05) is 13.8 Å². The maximum atomic E-state index is 12.1. The van der Waals surface area contributed by atoms with Crippen LogP contribution in [-0.2, 0) is 19.1 Å². The molecule has 26 heavy (non-hydrogen) atoms. The van der Waals surface area contributed by atoms with Crippen molar-refractivity contribution in [3.63, 3.8) is 0 Å². The number of ether oxygens (including phenoxy) is 4. The molecule has 1 N–H and O–H groups in total. The molecule has 0 aliphatic heterocycles. The smallest absolute Gasteiger partial charge is 0.337 e. The third kappa shape index (κ3) is 6.27. The second kappa shape index (κ2) is 10.3. The summed E-state index contributed by atoms with van der Waals surface area (Å²) in [6, 6.07) is 3.72. The number of hydrogen-bond donors (Lipinski definition) is 1. The molecule has 0 bridgehead atoms. The van der Waals surface area contributed by atoms with Gasteiger partial charge in [0.05, 0.1) is 26.9 Å². The summed E-state index contributed by atoms with van der Waals surface area (Å²) < 4.78 is 19.9. The van der Waals surface area contributed by atoms with Crippen LogP contribution >= 0.6 is 0 Å². The maximum absolute atomic E-state index is 12.1. The van der Waals surface area contributed by atoms with E-state index in [0.29, 0.717) is 12.0 Å². The van der Waals surface area contributed by atoms with Crippen LogP contribution in [0.2, 0.25) is 0 Å². The maximum Gasteiger partial charge on any atom is 0.337 e. The second-order valence-corrected chi connectivity index (χ2v) is 5.92. The number of carbonyl (C=O) groups is 3. The van der Waals surface area contributed by atoms with E-state index in [1.54, 1.807) is 0 Å². The molecule has 0 aromatic heterocycles. The van der Waals surface area contributed by atoms with Crippen molar-refractivity contribution in [2.45, 2.75) is 26.3 Å². The summed E-state index contributed by atoms with van der Waals surface area (Å²) in [7, 11) is 3.96. The minimum absolute atomic E-state index is 0.200. The molecule has 0 saturated heterocycles. The molecule has 8 heteroatoms. The first-order valence-electron chi connectivity index (χ1n) is 8.08. The highest BCUT2D eigenvalue weighted by Crippen LogP contribution is 2.28. The summed E-state index contributed by atoms with van der Waals surface area (Å²) in [5.74, 6) is -0.720. The fraction of sp³-hybridized carbons (Fsp3) is 0.500. The highest BCUT2D eigenvalue weighted by molar-refractivity contribution is 5.90. The third-order valence-electron chi connectivity index (χ3n) is 3.47. The van der Waals surface area contributed by atoms with Gasteiger partial charge in [0.2, 0.25) is 0 Å². The average Bonchev–Trinajstić information content (AvgIpc) is 2.63. The SMILES string of the molecule is COC(=O)c1ccc(OCC(=O)N[C@@H](CC(C)C)C(=O)OC)c(OC)c1. The normalized spacial score (nSPS) is 11.5. The lowest BCUT2D eigenvalue weighted by atomic mass is 10.0. The van der Waals surface area contributed by atoms with E-state index >= 15 is 0 Å². The summed E-state index contributed by atoms with van der Waals surface area (Å²) in [4.78, 5) is 35.4. The van der Waals surface area contributed by atoms with Crippen molar-refractivity contribution < 1.29 is 33.3 Å². The van der Waals surface area contributed by atoms with Crippen molar-refractivity contribution in [2.24, 2.45) is 5.92 Å². The Morgan fingerprint density at radius 3 is 2.27 bits per heavy atom. The Hall–Kier alpha value is -2.77. The van der Waals surface area contributed by atoms with Crippen LogP contribution in [0.15, 0.2) is 18.2 Å². The molecule has 0 unspecified atom stereocenters. The van der Waals surface area contributed by atoms with E-state index in [1.807, 2.05) is 13.8 Å². The van der Waals surface area contributed by atoms with Crippen LogP contribution in [0.25, 0.3) is 0 Å². The number of amides is 1. The van der Waals surface area contributed by atoms with Gasteiger partial charge in [0, 0.05) is 0 Å². The predicted molar refractivity (Wildman–Crippen MR) is 93.2 cm³/mol. The third-order valence-corrected chi connectivity index (χ3v) is 3.47. The highest BCUT2D eigenvalue weighted by atomic mass is 16.5. The lowest BCUT2D eigenvalue weighted by Crippen LogP contribution is -2.44. The Balaban J connectivity index is 2.73. The molecule has 1 rings (SSSR count).